The second-order valence-corrected chi connectivity index (χ2v) is 8.20. The number of piperidine rings is 1. The fourth-order valence-electron chi connectivity index (χ4n) is 4.18. The number of hydrogen-bond donors (Lipinski definition) is 0. The molecule has 2 aromatic carbocycles. The average Bonchev–Trinajstić information content (AvgIpc) is 3.27. The van der Waals surface area contributed by atoms with Crippen molar-refractivity contribution in [1.82, 2.24) is 10.1 Å². The summed E-state index contributed by atoms with van der Waals surface area (Å²) in [4.78, 5) is 17.4. The molecule has 6 nitrogen and oxygen atoms in total. The zero-order valence-corrected chi connectivity index (χ0v) is 18.7. The Morgan fingerprint density at radius 2 is 1.72 bits per heavy atom. The van der Waals surface area contributed by atoms with Crippen LogP contribution >= 0.6 is 0 Å². The number of aromatic nitrogens is 1. The smallest absolute Gasteiger partial charge is 0.232 e. The maximum absolute atomic E-state index is 13.3. The highest BCUT2D eigenvalue weighted by Crippen LogP contribution is 2.34. The molecule has 0 aliphatic carbocycles. The molecule has 32 heavy (non-hydrogen) atoms. The van der Waals surface area contributed by atoms with E-state index in [9.17, 15) is 4.79 Å². The van der Waals surface area contributed by atoms with Gasteiger partial charge in [-0.3, -0.25) is 4.79 Å². The average molecular weight is 434 g/mol. The number of nitrogens with zero attached hydrogens (tertiary/aromatic N) is 3. The van der Waals surface area contributed by atoms with Gasteiger partial charge in [0.2, 0.25) is 11.8 Å². The van der Waals surface area contributed by atoms with Gasteiger partial charge in [-0.25, -0.2) is 0 Å². The molecule has 1 aromatic heterocycles. The van der Waals surface area contributed by atoms with Gasteiger partial charge in [-0.1, -0.05) is 65.8 Å². The monoisotopic (exact) mass is 433 g/mol. The Balaban J connectivity index is 1.64. The number of ether oxygens (including phenoxy) is 1. The highest BCUT2D eigenvalue weighted by Gasteiger charge is 2.27. The van der Waals surface area contributed by atoms with Crippen molar-refractivity contribution >= 4 is 11.8 Å². The number of amides is 1. The molecule has 1 amide bonds. The topological polar surface area (TPSA) is 58.8 Å². The first-order valence-corrected chi connectivity index (χ1v) is 11.4. The Labute approximate surface area is 189 Å². The maximum Gasteiger partial charge on any atom is 0.232 e. The standard InChI is InChI=1S/C26H31N3O3/c1-31-18-17-29(24(30)19-21-11-5-2-6-12-21)20-23-25(22-13-7-3-8-14-22)27-32-26(23)28-15-9-4-10-16-28/h2-3,5-8,11-14H,4,9-10,15-20H2,1H3. The largest absolute Gasteiger partial charge is 0.383 e. The molecule has 0 N–H and O–H groups in total. The summed E-state index contributed by atoms with van der Waals surface area (Å²) in [6.45, 7) is 3.33. The van der Waals surface area contributed by atoms with E-state index < -0.39 is 0 Å². The highest BCUT2D eigenvalue weighted by atomic mass is 16.5. The van der Waals surface area contributed by atoms with Crippen LogP contribution in [0.5, 0.6) is 0 Å². The molecule has 0 atom stereocenters. The minimum Gasteiger partial charge on any atom is -0.383 e. The van der Waals surface area contributed by atoms with Crippen LogP contribution in [0.2, 0.25) is 0 Å². The molecule has 1 aliphatic heterocycles. The molecule has 1 aliphatic rings. The van der Waals surface area contributed by atoms with E-state index in [4.69, 9.17) is 9.26 Å². The van der Waals surface area contributed by atoms with Crippen LogP contribution in [0.4, 0.5) is 5.88 Å². The third kappa shape index (κ3) is 5.37. The van der Waals surface area contributed by atoms with Crippen molar-refractivity contribution in [1.29, 1.82) is 0 Å². The Bertz CT molecular complexity index is 982. The SMILES string of the molecule is COCCN(Cc1c(-c2ccccc2)noc1N1CCCCC1)C(=O)Cc1ccccc1. The van der Waals surface area contributed by atoms with Crippen LogP contribution in [0.1, 0.15) is 30.4 Å². The summed E-state index contributed by atoms with van der Waals surface area (Å²) in [5, 5.41) is 4.45. The minimum absolute atomic E-state index is 0.0676. The number of carbonyl (C=O) groups is 1. The lowest BCUT2D eigenvalue weighted by Crippen LogP contribution is -2.36. The van der Waals surface area contributed by atoms with Crippen LogP contribution in [-0.4, -0.2) is 49.3 Å². The Morgan fingerprint density at radius 3 is 2.41 bits per heavy atom. The summed E-state index contributed by atoms with van der Waals surface area (Å²) in [7, 11) is 1.66. The van der Waals surface area contributed by atoms with Crippen molar-refractivity contribution in [3.8, 4) is 11.3 Å². The van der Waals surface area contributed by atoms with E-state index in [1.165, 1.54) is 6.42 Å². The van der Waals surface area contributed by atoms with Crippen molar-refractivity contribution in [3.05, 3.63) is 71.8 Å². The van der Waals surface area contributed by atoms with Gasteiger partial charge in [0.15, 0.2) is 0 Å². The van der Waals surface area contributed by atoms with Gasteiger partial charge >= 0.3 is 0 Å². The highest BCUT2D eigenvalue weighted by molar-refractivity contribution is 5.79. The fraction of sp³-hybridized carbons (Fsp3) is 0.385. The van der Waals surface area contributed by atoms with E-state index >= 15 is 0 Å². The van der Waals surface area contributed by atoms with Crippen molar-refractivity contribution in [2.24, 2.45) is 0 Å². The zero-order valence-electron chi connectivity index (χ0n) is 18.7. The van der Waals surface area contributed by atoms with Gasteiger partial charge in [-0.05, 0) is 24.8 Å². The first-order chi connectivity index (χ1) is 15.8. The van der Waals surface area contributed by atoms with Gasteiger partial charge in [0.1, 0.15) is 5.69 Å². The van der Waals surface area contributed by atoms with Crippen LogP contribution < -0.4 is 4.90 Å². The molecule has 0 saturated carbocycles. The van der Waals surface area contributed by atoms with Crippen LogP contribution in [0.3, 0.4) is 0 Å². The third-order valence-electron chi connectivity index (χ3n) is 5.92. The van der Waals surface area contributed by atoms with Crippen LogP contribution in [-0.2, 0) is 22.5 Å². The predicted octanol–water partition coefficient (Wildman–Crippen LogP) is 4.55. The van der Waals surface area contributed by atoms with Gasteiger partial charge < -0.3 is 19.1 Å². The van der Waals surface area contributed by atoms with Crippen molar-refractivity contribution < 1.29 is 14.1 Å². The van der Waals surface area contributed by atoms with E-state index in [-0.39, 0.29) is 5.91 Å². The number of benzene rings is 2. The molecule has 0 unspecified atom stereocenters. The molecule has 168 valence electrons. The molecular formula is C26H31N3O3. The van der Waals surface area contributed by atoms with E-state index in [0.717, 1.165) is 54.2 Å². The number of carbonyl (C=O) groups excluding carboxylic acids is 1. The first kappa shape index (κ1) is 22.1. The normalized spacial score (nSPS) is 13.8. The van der Waals surface area contributed by atoms with Gasteiger partial charge in [0, 0.05) is 32.3 Å². The summed E-state index contributed by atoms with van der Waals surface area (Å²) in [5.41, 5.74) is 3.78. The number of rotatable bonds is 9. The zero-order chi connectivity index (χ0) is 22.2. The van der Waals surface area contributed by atoms with Gasteiger partial charge in [0.25, 0.3) is 0 Å². The molecule has 4 rings (SSSR count). The molecule has 0 bridgehead atoms. The van der Waals surface area contributed by atoms with Crippen LogP contribution in [0.25, 0.3) is 11.3 Å². The molecule has 0 spiro atoms. The van der Waals surface area contributed by atoms with E-state index in [1.807, 2.05) is 65.6 Å². The van der Waals surface area contributed by atoms with Gasteiger partial charge in [-0.2, -0.15) is 0 Å². The lowest BCUT2D eigenvalue weighted by atomic mass is 10.0. The molecule has 0 radical (unpaired) electrons. The Kier molecular flexibility index (Phi) is 7.56. The number of hydrogen-bond acceptors (Lipinski definition) is 5. The molecule has 6 heteroatoms. The van der Waals surface area contributed by atoms with Crippen molar-refractivity contribution in [2.75, 3.05) is 38.3 Å². The Hall–Kier alpha value is -3.12. The minimum atomic E-state index is 0.0676. The predicted molar refractivity (Wildman–Crippen MR) is 125 cm³/mol. The summed E-state index contributed by atoms with van der Waals surface area (Å²) < 4.78 is 11.2. The quantitative estimate of drug-likeness (QED) is 0.496. The number of anilines is 1. The van der Waals surface area contributed by atoms with Crippen molar-refractivity contribution in [3.63, 3.8) is 0 Å². The summed E-state index contributed by atoms with van der Waals surface area (Å²) in [6, 6.07) is 19.9. The maximum atomic E-state index is 13.3. The second-order valence-electron chi connectivity index (χ2n) is 8.20. The first-order valence-electron chi connectivity index (χ1n) is 11.4. The molecule has 2 heterocycles. The van der Waals surface area contributed by atoms with Crippen LogP contribution in [0, 0.1) is 0 Å². The third-order valence-corrected chi connectivity index (χ3v) is 5.92. The molecule has 3 aromatic rings. The number of methoxy groups -OCH3 is 1. The summed E-state index contributed by atoms with van der Waals surface area (Å²) in [6.07, 6.45) is 3.87. The lowest BCUT2D eigenvalue weighted by Gasteiger charge is -2.28. The van der Waals surface area contributed by atoms with E-state index in [2.05, 4.69) is 10.1 Å². The van der Waals surface area contributed by atoms with Crippen LogP contribution in [0.15, 0.2) is 65.2 Å². The van der Waals surface area contributed by atoms with Gasteiger partial charge in [0.05, 0.1) is 25.1 Å². The van der Waals surface area contributed by atoms with E-state index in [0.29, 0.717) is 26.1 Å². The lowest BCUT2D eigenvalue weighted by molar-refractivity contribution is -0.131. The second kappa shape index (κ2) is 11.0. The summed E-state index contributed by atoms with van der Waals surface area (Å²) >= 11 is 0. The summed E-state index contributed by atoms with van der Waals surface area (Å²) in [5.74, 6) is 0.858. The molecule has 1 fully saturated rings. The molecular weight excluding hydrogens is 402 g/mol. The van der Waals surface area contributed by atoms with Crippen molar-refractivity contribution in [2.45, 2.75) is 32.2 Å². The molecule has 1 saturated heterocycles. The Morgan fingerprint density at radius 1 is 1.03 bits per heavy atom. The van der Waals surface area contributed by atoms with Gasteiger partial charge in [-0.15, -0.1) is 0 Å². The van der Waals surface area contributed by atoms with E-state index in [1.54, 1.807) is 7.11 Å². The fourth-order valence-corrected chi connectivity index (χ4v) is 4.18.